The standard InChI is InChI=1S/C15H20N2O4/c1-9-6-10(2)12(11(7-9)13(18)19)16-14(20)17-15(3)4-5-21-8-15/h6-7H,4-5,8H2,1-3H3,(H,18,19)(H2,16,17,20). The van der Waals surface area contributed by atoms with Gasteiger partial charge in [-0.3, -0.25) is 0 Å². The Labute approximate surface area is 123 Å². The first kappa shape index (κ1) is 15.3. The van der Waals surface area contributed by atoms with Crippen LogP contribution in [0.4, 0.5) is 10.5 Å². The van der Waals surface area contributed by atoms with Crippen molar-refractivity contribution in [2.24, 2.45) is 0 Å². The molecule has 6 nitrogen and oxygen atoms in total. The lowest BCUT2D eigenvalue weighted by Gasteiger charge is -2.24. The summed E-state index contributed by atoms with van der Waals surface area (Å²) in [6.07, 6.45) is 0.735. The summed E-state index contributed by atoms with van der Waals surface area (Å²) < 4.78 is 5.28. The van der Waals surface area contributed by atoms with Crippen LogP contribution >= 0.6 is 0 Å². The molecule has 1 unspecified atom stereocenters. The number of aromatic carboxylic acids is 1. The van der Waals surface area contributed by atoms with E-state index >= 15 is 0 Å². The third kappa shape index (κ3) is 3.52. The van der Waals surface area contributed by atoms with Crippen molar-refractivity contribution in [2.75, 3.05) is 18.5 Å². The van der Waals surface area contributed by atoms with Crippen LogP contribution in [0, 0.1) is 13.8 Å². The molecule has 6 heteroatoms. The van der Waals surface area contributed by atoms with Gasteiger partial charge in [-0.25, -0.2) is 9.59 Å². The molecule has 1 saturated heterocycles. The Hall–Kier alpha value is -2.08. The molecule has 0 spiro atoms. The Morgan fingerprint density at radius 1 is 1.33 bits per heavy atom. The molecule has 1 aromatic carbocycles. The first-order chi connectivity index (χ1) is 9.81. The van der Waals surface area contributed by atoms with Gasteiger partial charge in [-0.15, -0.1) is 0 Å². The first-order valence-electron chi connectivity index (χ1n) is 6.82. The van der Waals surface area contributed by atoms with Crippen LogP contribution in [-0.2, 0) is 4.74 Å². The molecule has 1 heterocycles. The molecule has 1 fully saturated rings. The van der Waals surface area contributed by atoms with Crippen LogP contribution in [0.5, 0.6) is 0 Å². The second kappa shape index (κ2) is 5.73. The lowest BCUT2D eigenvalue weighted by molar-refractivity contribution is 0.0698. The highest BCUT2D eigenvalue weighted by Crippen LogP contribution is 2.24. The summed E-state index contributed by atoms with van der Waals surface area (Å²) in [4.78, 5) is 23.4. The molecule has 1 aromatic rings. The molecule has 21 heavy (non-hydrogen) atoms. The normalized spacial score (nSPS) is 21.1. The average molecular weight is 292 g/mol. The highest BCUT2D eigenvalue weighted by Gasteiger charge is 2.31. The van der Waals surface area contributed by atoms with Crippen LogP contribution in [0.15, 0.2) is 12.1 Å². The number of carboxylic acid groups (broad SMARTS) is 1. The summed E-state index contributed by atoms with van der Waals surface area (Å²) in [5.74, 6) is -1.06. The monoisotopic (exact) mass is 292 g/mol. The lowest BCUT2D eigenvalue weighted by Crippen LogP contribution is -2.48. The number of carboxylic acids is 1. The van der Waals surface area contributed by atoms with E-state index in [0.717, 1.165) is 17.5 Å². The van der Waals surface area contributed by atoms with Crippen molar-refractivity contribution < 1.29 is 19.4 Å². The van der Waals surface area contributed by atoms with E-state index in [4.69, 9.17) is 4.74 Å². The zero-order valence-electron chi connectivity index (χ0n) is 12.4. The Balaban J connectivity index is 2.19. The maximum absolute atomic E-state index is 12.1. The van der Waals surface area contributed by atoms with E-state index < -0.39 is 17.5 Å². The van der Waals surface area contributed by atoms with E-state index in [0.29, 0.717) is 18.9 Å². The number of rotatable bonds is 3. The molecule has 2 rings (SSSR count). The van der Waals surface area contributed by atoms with Crippen LogP contribution < -0.4 is 10.6 Å². The van der Waals surface area contributed by atoms with Crippen molar-refractivity contribution in [3.63, 3.8) is 0 Å². The van der Waals surface area contributed by atoms with E-state index in [2.05, 4.69) is 10.6 Å². The number of carbonyl (C=O) groups is 2. The highest BCUT2D eigenvalue weighted by atomic mass is 16.5. The molecular weight excluding hydrogens is 272 g/mol. The number of carbonyl (C=O) groups excluding carboxylic acids is 1. The Morgan fingerprint density at radius 2 is 2.05 bits per heavy atom. The fourth-order valence-electron chi connectivity index (χ4n) is 2.49. The number of aryl methyl sites for hydroxylation is 2. The molecule has 114 valence electrons. The van der Waals surface area contributed by atoms with Gasteiger partial charge in [-0.2, -0.15) is 0 Å². The third-order valence-electron chi connectivity index (χ3n) is 3.58. The predicted octanol–water partition coefficient (Wildman–Crippen LogP) is 2.30. The van der Waals surface area contributed by atoms with E-state index in [1.165, 1.54) is 0 Å². The van der Waals surface area contributed by atoms with Gasteiger partial charge in [-0.1, -0.05) is 6.07 Å². The average Bonchev–Trinajstić information content (AvgIpc) is 2.78. The summed E-state index contributed by atoms with van der Waals surface area (Å²) in [7, 11) is 0. The number of anilines is 1. The molecule has 1 aliphatic rings. The fraction of sp³-hybridized carbons (Fsp3) is 0.467. The third-order valence-corrected chi connectivity index (χ3v) is 3.58. The zero-order valence-corrected chi connectivity index (χ0v) is 12.4. The van der Waals surface area contributed by atoms with Crippen LogP contribution in [0.2, 0.25) is 0 Å². The minimum Gasteiger partial charge on any atom is -0.478 e. The van der Waals surface area contributed by atoms with Gasteiger partial charge in [0.1, 0.15) is 0 Å². The van der Waals surface area contributed by atoms with Gasteiger partial charge in [0, 0.05) is 6.61 Å². The van der Waals surface area contributed by atoms with Crippen LogP contribution in [0.25, 0.3) is 0 Å². The maximum atomic E-state index is 12.1. The Kier molecular flexibility index (Phi) is 4.18. The molecule has 3 N–H and O–H groups in total. The van der Waals surface area contributed by atoms with Gasteiger partial charge in [0.05, 0.1) is 23.4 Å². The van der Waals surface area contributed by atoms with Gasteiger partial charge < -0.3 is 20.5 Å². The Bertz CT molecular complexity index is 577. The summed E-state index contributed by atoms with van der Waals surface area (Å²) >= 11 is 0. The number of hydrogen-bond donors (Lipinski definition) is 3. The van der Waals surface area contributed by atoms with Crippen molar-refractivity contribution in [3.8, 4) is 0 Å². The molecule has 0 bridgehead atoms. The van der Waals surface area contributed by atoms with Crippen molar-refractivity contribution in [2.45, 2.75) is 32.7 Å². The summed E-state index contributed by atoms with van der Waals surface area (Å²) in [5.41, 5.74) is 1.57. The number of urea groups is 1. The van der Waals surface area contributed by atoms with Crippen molar-refractivity contribution in [1.82, 2.24) is 5.32 Å². The SMILES string of the molecule is Cc1cc(C)c(NC(=O)NC2(C)CCOC2)c(C(=O)O)c1. The van der Waals surface area contributed by atoms with Gasteiger partial charge in [0.2, 0.25) is 0 Å². The number of ether oxygens (including phenoxy) is 1. The summed E-state index contributed by atoms with van der Waals surface area (Å²) in [6.45, 7) is 6.56. The van der Waals surface area contributed by atoms with Crippen molar-refractivity contribution in [1.29, 1.82) is 0 Å². The van der Waals surface area contributed by atoms with Crippen molar-refractivity contribution >= 4 is 17.7 Å². The van der Waals surface area contributed by atoms with Gasteiger partial charge >= 0.3 is 12.0 Å². The maximum Gasteiger partial charge on any atom is 0.337 e. The minimum atomic E-state index is -1.06. The highest BCUT2D eigenvalue weighted by molar-refractivity contribution is 6.01. The van der Waals surface area contributed by atoms with Gasteiger partial charge in [0.25, 0.3) is 0 Å². The summed E-state index contributed by atoms with van der Waals surface area (Å²) in [6, 6.07) is 2.96. The number of amides is 2. The fourth-order valence-corrected chi connectivity index (χ4v) is 2.49. The number of benzene rings is 1. The number of nitrogens with one attached hydrogen (secondary N) is 2. The quantitative estimate of drug-likeness (QED) is 0.797. The molecule has 1 aliphatic heterocycles. The van der Waals surface area contributed by atoms with E-state index in [1.807, 2.05) is 19.9 Å². The van der Waals surface area contributed by atoms with Crippen LogP contribution in [0.3, 0.4) is 0 Å². The van der Waals surface area contributed by atoms with Crippen molar-refractivity contribution in [3.05, 3.63) is 28.8 Å². The summed E-state index contributed by atoms with van der Waals surface area (Å²) in [5, 5.41) is 14.8. The minimum absolute atomic E-state index is 0.0930. The van der Waals surface area contributed by atoms with E-state index in [9.17, 15) is 14.7 Å². The zero-order chi connectivity index (χ0) is 15.6. The topological polar surface area (TPSA) is 87.7 Å². The molecule has 0 saturated carbocycles. The van der Waals surface area contributed by atoms with Crippen LogP contribution in [0.1, 0.15) is 34.8 Å². The molecule has 0 radical (unpaired) electrons. The van der Waals surface area contributed by atoms with E-state index in [-0.39, 0.29) is 5.56 Å². The first-order valence-corrected chi connectivity index (χ1v) is 6.82. The molecule has 0 aliphatic carbocycles. The molecule has 0 aromatic heterocycles. The van der Waals surface area contributed by atoms with Gasteiger partial charge in [0.15, 0.2) is 0 Å². The number of hydrogen-bond acceptors (Lipinski definition) is 3. The van der Waals surface area contributed by atoms with E-state index in [1.54, 1.807) is 13.0 Å². The molecule has 1 atom stereocenters. The lowest BCUT2D eigenvalue weighted by atomic mass is 10.0. The largest absolute Gasteiger partial charge is 0.478 e. The Morgan fingerprint density at radius 3 is 2.62 bits per heavy atom. The second-order valence-electron chi connectivity index (χ2n) is 5.75. The second-order valence-corrected chi connectivity index (χ2v) is 5.75. The van der Waals surface area contributed by atoms with Crippen LogP contribution in [-0.4, -0.2) is 35.9 Å². The van der Waals surface area contributed by atoms with Gasteiger partial charge in [-0.05, 0) is 44.4 Å². The molecular formula is C15H20N2O4. The molecule has 2 amide bonds. The predicted molar refractivity (Wildman–Crippen MR) is 78.9 cm³/mol. The smallest absolute Gasteiger partial charge is 0.337 e.